The molecule has 3 aromatic rings. The molecule has 0 bridgehead atoms. The molecule has 0 atom stereocenters. The number of amides is 1. The number of benzene rings is 2. The summed E-state index contributed by atoms with van der Waals surface area (Å²) in [5, 5.41) is 14.2. The summed E-state index contributed by atoms with van der Waals surface area (Å²) >= 11 is 1.37. The molecule has 4 rings (SSSR count). The standard InChI is InChI=1S/C23H22N4O3S2/c1-16-2-6-18(7-3-16)21-15-31-23(25-21)26-22(28)19-10-12-27(13-11-19)32(29,30)20-8-4-17(14-24)5-9-20/h2-9,15,19H,10-13H2,1H3,(H,25,26,28). The van der Waals surface area contributed by atoms with Gasteiger partial charge in [-0.2, -0.15) is 9.57 Å². The summed E-state index contributed by atoms with van der Waals surface area (Å²) in [6.45, 7) is 2.57. The van der Waals surface area contributed by atoms with E-state index in [0.29, 0.717) is 23.5 Å². The maximum Gasteiger partial charge on any atom is 0.243 e. The lowest BCUT2D eigenvalue weighted by Crippen LogP contribution is -2.41. The van der Waals surface area contributed by atoms with E-state index in [1.165, 1.54) is 45.5 Å². The van der Waals surface area contributed by atoms with E-state index in [0.717, 1.165) is 11.3 Å². The smallest absolute Gasteiger partial charge is 0.243 e. The Balaban J connectivity index is 1.35. The Hall–Kier alpha value is -3.06. The normalized spacial score (nSPS) is 15.2. The first kappa shape index (κ1) is 22.1. The van der Waals surface area contributed by atoms with Crippen LogP contribution in [0.1, 0.15) is 24.0 Å². The number of carbonyl (C=O) groups is 1. The van der Waals surface area contributed by atoms with Gasteiger partial charge < -0.3 is 5.32 Å². The molecule has 9 heteroatoms. The average molecular weight is 467 g/mol. The van der Waals surface area contributed by atoms with E-state index in [1.807, 2.05) is 42.6 Å². The highest BCUT2D eigenvalue weighted by Gasteiger charge is 2.32. The van der Waals surface area contributed by atoms with Gasteiger partial charge in [0.1, 0.15) is 0 Å². The van der Waals surface area contributed by atoms with Crippen LogP contribution in [-0.4, -0.2) is 36.7 Å². The van der Waals surface area contributed by atoms with Crippen LogP contribution in [0.3, 0.4) is 0 Å². The van der Waals surface area contributed by atoms with Crippen LogP contribution in [0.5, 0.6) is 0 Å². The molecule has 0 radical (unpaired) electrons. The Morgan fingerprint density at radius 2 is 1.78 bits per heavy atom. The molecule has 1 fully saturated rings. The van der Waals surface area contributed by atoms with Gasteiger partial charge in [0.2, 0.25) is 15.9 Å². The van der Waals surface area contributed by atoms with E-state index in [-0.39, 0.29) is 29.8 Å². The first-order chi connectivity index (χ1) is 15.4. The molecule has 0 unspecified atom stereocenters. The second-order valence-corrected chi connectivity index (χ2v) is 10.5. The van der Waals surface area contributed by atoms with Crippen molar-refractivity contribution >= 4 is 32.4 Å². The fraction of sp³-hybridized carbons (Fsp3) is 0.261. The number of sulfonamides is 1. The van der Waals surface area contributed by atoms with E-state index >= 15 is 0 Å². The summed E-state index contributed by atoms with van der Waals surface area (Å²) in [5.74, 6) is -0.403. The molecule has 0 spiro atoms. The van der Waals surface area contributed by atoms with Gasteiger partial charge >= 0.3 is 0 Å². The van der Waals surface area contributed by atoms with Crippen molar-refractivity contribution < 1.29 is 13.2 Å². The Morgan fingerprint density at radius 3 is 2.41 bits per heavy atom. The fourth-order valence-electron chi connectivity index (χ4n) is 3.60. The van der Waals surface area contributed by atoms with E-state index in [4.69, 9.17) is 5.26 Å². The topological polar surface area (TPSA) is 103 Å². The fourth-order valence-corrected chi connectivity index (χ4v) is 5.80. The molecule has 0 saturated carbocycles. The molecule has 1 aliphatic heterocycles. The first-order valence-electron chi connectivity index (χ1n) is 10.2. The highest BCUT2D eigenvalue weighted by atomic mass is 32.2. The number of carbonyl (C=O) groups excluding carboxylic acids is 1. The molecule has 1 saturated heterocycles. The van der Waals surface area contributed by atoms with Gasteiger partial charge in [-0.1, -0.05) is 29.8 Å². The highest BCUT2D eigenvalue weighted by Crippen LogP contribution is 2.28. The summed E-state index contributed by atoms with van der Waals surface area (Å²) in [4.78, 5) is 17.4. The van der Waals surface area contributed by atoms with E-state index in [2.05, 4.69) is 10.3 Å². The van der Waals surface area contributed by atoms with Crippen LogP contribution in [0, 0.1) is 24.2 Å². The number of nitrogens with one attached hydrogen (secondary N) is 1. The molecule has 1 aromatic heterocycles. The zero-order valence-corrected chi connectivity index (χ0v) is 19.1. The number of anilines is 1. The summed E-state index contributed by atoms with van der Waals surface area (Å²) in [7, 11) is -3.64. The van der Waals surface area contributed by atoms with Crippen LogP contribution in [0.2, 0.25) is 0 Å². The van der Waals surface area contributed by atoms with Crippen LogP contribution < -0.4 is 5.32 Å². The lowest BCUT2D eigenvalue weighted by molar-refractivity contribution is -0.120. The van der Waals surface area contributed by atoms with Crippen LogP contribution in [-0.2, 0) is 14.8 Å². The van der Waals surface area contributed by atoms with Crippen molar-refractivity contribution in [3.63, 3.8) is 0 Å². The lowest BCUT2D eigenvalue weighted by Gasteiger charge is -2.30. The van der Waals surface area contributed by atoms with Crippen molar-refractivity contribution in [1.29, 1.82) is 5.26 Å². The van der Waals surface area contributed by atoms with Crippen molar-refractivity contribution in [3.05, 3.63) is 65.0 Å². The molecule has 2 heterocycles. The molecule has 0 aliphatic carbocycles. The second kappa shape index (κ2) is 9.20. The Labute approximate surface area is 191 Å². The van der Waals surface area contributed by atoms with Gasteiger partial charge in [-0.15, -0.1) is 11.3 Å². The minimum Gasteiger partial charge on any atom is -0.302 e. The number of piperidine rings is 1. The summed E-state index contributed by atoms with van der Waals surface area (Å²) in [5.41, 5.74) is 3.39. The minimum atomic E-state index is -3.64. The third kappa shape index (κ3) is 4.72. The minimum absolute atomic E-state index is 0.134. The van der Waals surface area contributed by atoms with Gasteiger partial charge in [-0.05, 0) is 44.0 Å². The van der Waals surface area contributed by atoms with Crippen molar-refractivity contribution in [1.82, 2.24) is 9.29 Å². The van der Waals surface area contributed by atoms with Crippen molar-refractivity contribution in [2.24, 2.45) is 5.92 Å². The number of rotatable bonds is 5. The molecular formula is C23H22N4O3S2. The monoisotopic (exact) mass is 466 g/mol. The summed E-state index contributed by atoms with van der Waals surface area (Å²) in [6, 6.07) is 15.9. The van der Waals surface area contributed by atoms with Crippen LogP contribution in [0.4, 0.5) is 5.13 Å². The van der Waals surface area contributed by atoms with Gasteiger partial charge in [0.05, 0.1) is 22.2 Å². The van der Waals surface area contributed by atoms with Crippen LogP contribution in [0.15, 0.2) is 58.8 Å². The number of aryl methyl sites for hydroxylation is 1. The third-order valence-electron chi connectivity index (χ3n) is 5.53. The van der Waals surface area contributed by atoms with Gasteiger partial charge in [0.15, 0.2) is 5.13 Å². The number of nitriles is 1. The predicted molar refractivity (Wildman–Crippen MR) is 124 cm³/mol. The lowest BCUT2D eigenvalue weighted by atomic mass is 9.97. The average Bonchev–Trinajstić information content (AvgIpc) is 3.28. The number of aromatic nitrogens is 1. The van der Waals surface area contributed by atoms with Crippen molar-refractivity contribution in [2.75, 3.05) is 18.4 Å². The van der Waals surface area contributed by atoms with Gasteiger partial charge in [0.25, 0.3) is 0 Å². The molecule has 2 aromatic carbocycles. The Bertz CT molecular complexity index is 1250. The molecule has 7 nitrogen and oxygen atoms in total. The Morgan fingerprint density at radius 1 is 1.12 bits per heavy atom. The van der Waals surface area contributed by atoms with Crippen molar-refractivity contribution in [2.45, 2.75) is 24.7 Å². The van der Waals surface area contributed by atoms with Gasteiger partial charge in [0, 0.05) is 30.0 Å². The largest absolute Gasteiger partial charge is 0.302 e. The molecule has 1 N–H and O–H groups in total. The van der Waals surface area contributed by atoms with Crippen LogP contribution in [0.25, 0.3) is 11.3 Å². The third-order valence-corrected chi connectivity index (χ3v) is 8.20. The first-order valence-corrected chi connectivity index (χ1v) is 12.5. The maximum atomic E-state index is 12.8. The maximum absolute atomic E-state index is 12.8. The predicted octanol–water partition coefficient (Wildman–Crippen LogP) is 4.03. The van der Waals surface area contributed by atoms with Crippen molar-refractivity contribution in [3.8, 4) is 17.3 Å². The molecule has 1 aliphatic rings. The SMILES string of the molecule is Cc1ccc(-c2csc(NC(=O)C3CCN(S(=O)(=O)c4ccc(C#N)cc4)CC3)n2)cc1. The van der Waals surface area contributed by atoms with E-state index < -0.39 is 10.0 Å². The second-order valence-electron chi connectivity index (χ2n) is 7.71. The van der Waals surface area contributed by atoms with E-state index in [1.54, 1.807) is 0 Å². The molecule has 32 heavy (non-hydrogen) atoms. The zero-order valence-electron chi connectivity index (χ0n) is 17.5. The summed E-state index contributed by atoms with van der Waals surface area (Å²) in [6.07, 6.45) is 0.884. The molecule has 164 valence electrons. The summed E-state index contributed by atoms with van der Waals surface area (Å²) < 4.78 is 27.1. The van der Waals surface area contributed by atoms with E-state index in [9.17, 15) is 13.2 Å². The molecule has 1 amide bonds. The number of nitrogens with zero attached hydrogens (tertiary/aromatic N) is 3. The quantitative estimate of drug-likeness (QED) is 0.611. The number of hydrogen-bond acceptors (Lipinski definition) is 6. The van der Waals surface area contributed by atoms with Crippen LogP contribution >= 0.6 is 11.3 Å². The number of hydrogen-bond donors (Lipinski definition) is 1. The molecular weight excluding hydrogens is 444 g/mol. The Kier molecular flexibility index (Phi) is 6.37. The highest BCUT2D eigenvalue weighted by molar-refractivity contribution is 7.89. The zero-order chi connectivity index (χ0) is 22.7. The number of thiazole rings is 1. The van der Waals surface area contributed by atoms with Gasteiger partial charge in [-0.25, -0.2) is 13.4 Å². The van der Waals surface area contributed by atoms with Gasteiger partial charge in [-0.3, -0.25) is 4.79 Å².